The topological polar surface area (TPSA) is 27.1 Å². The predicted octanol–water partition coefficient (Wildman–Crippen LogP) is 3.20. The molecule has 2 aromatic rings. The van der Waals surface area contributed by atoms with Gasteiger partial charge in [-0.15, -0.1) is 0 Å². The number of aromatic nitrogens is 2. The molecule has 1 aromatic heterocycles. The van der Waals surface area contributed by atoms with Gasteiger partial charge in [0.15, 0.2) is 0 Å². The van der Waals surface area contributed by atoms with E-state index < -0.39 is 0 Å². The summed E-state index contributed by atoms with van der Waals surface area (Å²) in [6, 6.07) is 8.72. The van der Waals surface area contributed by atoms with E-state index in [9.17, 15) is 0 Å². The zero-order valence-corrected chi connectivity index (χ0v) is 10.2. The first-order chi connectivity index (χ1) is 8.28. The van der Waals surface area contributed by atoms with Gasteiger partial charge in [0.25, 0.3) is 0 Å². The summed E-state index contributed by atoms with van der Waals surface area (Å²) in [6.45, 7) is 2.12. The van der Waals surface area contributed by atoms with Crippen LogP contribution in [0.15, 0.2) is 30.5 Å². The quantitative estimate of drug-likeness (QED) is 0.806. The molecule has 0 bridgehead atoms. The van der Waals surface area contributed by atoms with Crippen molar-refractivity contribution in [1.82, 2.24) is 9.78 Å². The molecule has 1 saturated carbocycles. The SMILES string of the molecule is COc1ccc(-c2nn(C3CC3)cc2C)cc1. The summed E-state index contributed by atoms with van der Waals surface area (Å²) in [5, 5.41) is 4.67. The maximum absolute atomic E-state index is 5.16. The van der Waals surface area contributed by atoms with Gasteiger partial charge in [-0.05, 0) is 49.6 Å². The second kappa shape index (κ2) is 3.91. The smallest absolute Gasteiger partial charge is 0.118 e. The molecule has 1 aliphatic rings. The van der Waals surface area contributed by atoms with Gasteiger partial charge in [-0.1, -0.05) is 0 Å². The van der Waals surface area contributed by atoms with Crippen LogP contribution in [0.4, 0.5) is 0 Å². The molecule has 0 radical (unpaired) electrons. The fourth-order valence-corrected chi connectivity index (χ4v) is 2.04. The molecule has 0 spiro atoms. The molecule has 1 aliphatic carbocycles. The minimum Gasteiger partial charge on any atom is -0.497 e. The third-order valence-corrected chi connectivity index (χ3v) is 3.20. The van der Waals surface area contributed by atoms with Crippen LogP contribution < -0.4 is 4.74 Å². The van der Waals surface area contributed by atoms with Crippen LogP contribution >= 0.6 is 0 Å². The molecular weight excluding hydrogens is 212 g/mol. The molecule has 1 fully saturated rings. The van der Waals surface area contributed by atoms with Crippen LogP contribution in [-0.4, -0.2) is 16.9 Å². The number of methoxy groups -OCH3 is 1. The lowest BCUT2D eigenvalue weighted by Crippen LogP contribution is -1.93. The second-order valence-electron chi connectivity index (χ2n) is 4.60. The van der Waals surface area contributed by atoms with Gasteiger partial charge in [0.2, 0.25) is 0 Å². The van der Waals surface area contributed by atoms with E-state index in [0.717, 1.165) is 17.0 Å². The summed E-state index contributed by atoms with van der Waals surface area (Å²) in [4.78, 5) is 0. The van der Waals surface area contributed by atoms with Crippen molar-refractivity contribution in [1.29, 1.82) is 0 Å². The lowest BCUT2D eigenvalue weighted by Gasteiger charge is -2.01. The Morgan fingerprint density at radius 2 is 1.94 bits per heavy atom. The van der Waals surface area contributed by atoms with Crippen molar-refractivity contribution < 1.29 is 4.74 Å². The van der Waals surface area contributed by atoms with Gasteiger partial charge in [-0.3, -0.25) is 4.68 Å². The first-order valence-electron chi connectivity index (χ1n) is 5.98. The summed E-state index contributed by atoms with van der Waals surface area (Å²) < 4.78 is 7.27. The molecule has 88 valence electrons. The highest BCUT2D eigenvalue weighted by atomic mass is 16.5. The van der Waals surface area contributed by atoms with Crippen LogP contribution in [-0.2, 0) is 0 Å². The fourth-order valence-electron chi connectivity index (χ4n) is 2.04. The summed E-state index contributed by atoms with van der Waals surface area (Å²) in [6.07, 6.45) is 4.68. The Morgan fingerprint density at radius 1 is 1.24 bits per heavy atom. The fraction of sp³-hybridized carbons (Fsp3) is 0.357. The van der Waals surface area contributed by atoms with Crippen molar-refractivity contribution in [3.8, 4) is 17.0 Å². The van der Waals surface area contributed by atoms with Gasteiger partial charge in [-0.25, -0.2) is 0 Å². The Kier molecular flexibility index (Phi) is 2.39. The lowest BCUT2D eigenvalue weighted by atomic mass is 10.1. The van der Waals surface area contributed by atoms with Gasteiger partial charge >= 0.3 is 0 Å². The molecule has 1 heterocycles. The largest absolute Gasteiger partial charge is 0.497 e. The van der Waals surface area contributed by atoms with Crippen LogP contribution in [0.3, 0.4) is 0 Å². The molecule has 3 heteroatoms. The molecule has 1 aromatic carbocycles. The molecule has 0 aliphatic heterocycles. The van der Waals surface area contributed by atoms with E-state index >= 15 is 0 Å². The number of ether oxygens (including phenoxy) is 1. The molecule has 0 saturated heterocycles. The molecule has 0 amide bonds. The third kappa shape index (κ3) is 1.93. The van der Waals surface area contributed by atoms with E-state index in [1.54, 1.807) is 7.11 Å². The Hall–Kier alpha value is -1.77. The van der Waals surface area contributed by atoms with Gasteiger partial charge in [0, 0.05) is 11.8 Å². The molecule has 0 N–H and O–H groups in total. The van der Waals surface area contributed by atoms with Crippen LogP contribution in [0.1, 0.15) is 24.4 Å². The van der Waals surface area contributed by atoms with Gasteiger partial charge in [0.1, 0.15) is 5.75 Å². The zero-order valence-electron chi connectivity index (χ0n) is 10.2. The zero-order chi connectivity index (χ0) is 11.8. The van der Waals surface area contributed by atoms with Crippen molar-refractivity contribution in [3.05, 3.63) is 36.0 Å². The molecule has 3 nitrogen and oxygen atoms in total. The summed E-state index contributed by atoms with van der Waals surface area (Å²) in [5.74, 6) is 0.882. The Morgan fingerprint density at radius 3 is 2.53 bits per heavy atom. The molecular formula is C14H16N2O. The Balaban J connectivity index is 1.95. The third-order valence-electron chi connectivity index (χ3n) is 3.20. The lowest BCUT2D eigenvalue weighted by molar-refractivity contribution is 0.415. The number of benzene rings is 1. The Labute approximate surface area is 101 Å². The molecule has 17 heavy (non-hydrogen) atoms. The van der Waals surface area contributed by atoms with Crippen LogP contribution in [0.2, 0.25) is 0 Å². The maximum atomic E-state index is 5.16. The van der Waals surface area contributed by atoms with Crippen LogP contribution in [0, 0.1) is 6.92 Å². The van der Waals surface area contributed by atoms with E-state index in [0.29, 0.717) is 6.04 Å². The average Bonchev–Trinajstić information content (AvgIpc) is 3.13. The minimum atomic E-state index is 0.640. The summed E-state index contributed by atoms with van der Waals surface area (Å²) >= 11 is 0. The van der Waals surface area contributed by atoms with Gasteiger partial charge in [0.05, 0.1) is 18.8 Å². The normalized spacial score (nSPS) is 14.9. The van der Waals surface area contributed by atoms with E-state index in [-0.39, 0.29) is 0 Å². The van der Waals surface area contributed by atoms with Crippen LogP contribution in [0.5, 0.6) is 5.75 Å². The van der Waals surface area contributed by atoms with Crippen molar-refractivity contribution in [2.24, 2.45) is 0 Å². The van der Waals surface area contributed by atoms with Crippen LogP contribution in [0.25, 0.3) is 11.3 Å². The van der Waals surface area contributed by atoms with Gasteiger partial charge in [-0.2, -0.15) is 5.10 Å². The van der Waals surface area contributed by atoms with Crippen molar-refractivity contribution in [2.45, 2.75) is 25.8 Å². The van der Waals surface area contributed by atoms with E-state index in [4.69, 9.17) is 4.74 Å². The first kappa shape index (κ1) is 10.4. The number of rotatable bonds is 3. The molecule has 0 atom stereocenters. The highest BCUT2D eigenvalue weighted by Gasteiger charge is 2.25. The van der Waals surface area contributed by atoms with E-state index in [1.807, 2.05) is 12.1 Å². The van der Waals surface area contributed by atoms with Crippen molar-refractivity contribution in [2.75, 3.05) is 7.11 Å². The molecule has 3 rings (SSSR count). The number of hydrogen-bond donors (Lipinski definition) is 0. The highest BCUT2D eigenvalue weighted by molar-refractivity contribution is 5.63. The first-order valence-corrected chi connectivity index (χ1v) is 5.98. The second-order valence-corrected chi connectivity index (χ2v) is 4.60. The summed E-state index contributed by atoms with van der Waals surface area (Å²) in [7, 11) is 1.68. The predicted molar refractivity (Wildman–Crippen MR) is 67.2 cm³/mol. The van der Waals surface area contributed by atoms with Crippen molar-refractivity contribution >= 4 is 0 Å². The monoisotopic (exact) mass is 228 g/mol. The minimum absolute atomic E-state index is 0.640. The van der Waals surface area contributed by atoms with Gasteiger partial charge < -0.3 is 4.74 Å². The highest BCUT2D eigenvalue weighted by Crippen LogP contribution is 2.36. The van der Waals surface area contributed by atoms with E-state index in [2.05, 4.69) is 35.0 Å². The number of hydrogen-bond acceptors (Lipinski definition) is 2. The standard InChI is InChI=1S/C14H16N2O/c1-10-9-16(12-5-6-12)15-14(10)11-3-7-13(17-2)8-4-11/h3-4,7-9,12H,5-6H2,1-2H3. The van der Waals surface area contributed by atoms with Crippen molar-refractivity contribution in [3.63, 3.8) is 0 Å². The number of nitrogens with zero attached hydrogens (tertiary/aromatic N) is 2. The average molecular weight is 228 g/mol. The summed E-state index contributed by atoms with van der Waals surface area (Å²) in [5.41, 5.74) is 3.48. The Bertz CT molecular complexity index is 524. The maximum Gasteiger partial charge on any atom is 0.118 e. The molecule has 0 unspecified atom stereocenters. The van der Waals surface area contributed by atoms with E-state index in [1.165, 1.54) is 18.4 Å². The number of aryl methyl sites for hydroxylation is 1.